The van der Waals surface area contributed by atoms with Gasteiger partial charge in [-0.1, -0.05) is 22.0 Å². The van der Waals surface area contributed by atoms with E-state index in [0.29, 0.717) is 6.61 Å². The predicted molar refractivity (Wildman–Crippen MR) is 79.2 cm³/mol. The topological polar surface area (TPSA) is 53.1 Å². The maximum absolute atomic E-state index is 5.94. The van der Waals surface area contributed by atoms with Gasteiger partial charge >= 0.3 is 0 Å². The lowest BCUT2D eigenvalue weighted by atomic mass is 10.1. The number of rotatable bonds is 5. The average Bonchev–Trinajstić information content (AvgIpc) is 2.75. The fraction of sp³-hybridized carbons (Fsp3) is 0.357. The van der Waals surface area contributed by atoms with Gasteiger partial charge in [0.05, 0.1) is 6.61 Å². The number of hydrogen-bond acceptors (Lipinski definition) is 3. The summed E-state index contributed by atoms with van der Waals surface area (Å²) >= 11 is 3.45. The third-order valence-corrected chi connectivity index (χ3v) is 3.46. The normalized spacial score (nSPS) is 12.4. The van der Waals surface area contributed by atoms with Crippen molar-refractivity contribution < 1.29 is 4.74 Å². The summed E-state index contributed by atoms with van der Waals surface area (Å²) in [6.07, 6.45) is 4.50. The summed E-state index contributed by atoms with van der Waals surface area (Å²) in [7, 11) is 1.98. The van der Waals surface area contributed by atoms with E-state index in [0.717, 1.165) is 28.0 Å². The molecule has 0 aliphatic carbocycles. The lowest BCUT2D eigenvalue weighted by Crippen LogP contribution is -2.11. The van der Waals surface area contributed by atoms with Crippen molar-refractivity contribution in [3.05, 3.63) is 46.5 Å². The Balaban J connectivity index is 2.03. The quantitative estimate of drug-likeness (QED) is 0.920. The lowest BCUT2D eigenvalue weighted by Gasteiger charge is -2.14. The third-order valence-electron chi connectivity index (χ3n) is 2.97. The molecule has 102 valence electrons. The maximum atomic E-state index is 5.94. The number of benzene rings is 1. The van der Waals surface area contributed by atoms with Gasteiger partial charge in [0.15, 0.2) is 0 Å². The Labute approximate surface area is 121 Å². The van der Waals surface area contributed by atoms with Crippen LogP contribution in [0.3, 0.4) is 0 Å². The molecule has 1 unspecified atom stereocenters. The van der Waals surface area contributed by atoms with Crippen LogP contribution in [0.2, 0.25) is 0 Å². The molecule has 0 aliphatic rings. The Kier molecular flexibility index (Phi) is 4.61. The van der Waals surface area contributed by atoms with Gasteiger partial charge in [-0.25, -0.2) is 4.98 Å². The van der Waals surface area contributed by atoms with Gasteiger partial charge in [-0.05, 0) is 19.1 Å². The van der Waals surface area contributed by atoms with E-state index in [9.17, 15) is 0 Å². The van der Waals surface area contributed by atoms with Crippen molar-refractivity contribution in [3.8, 4) is 5.75 Å². The Hall–Kier alpha value is -1.33. The Morgan fingerprint density at radius 3 is 2.89 bits per heavy atom. The van der Waals surface area contributed by atoms with Gasteiger partial charge in [0.25, 0.3) is 0 Å². The van der Waals surface area contributed by atoms with Gasteiger partial charge in [0, 0.05) is 41.9 Å². The molecule has 2 aromatic rings. The number of ether oxygens (including phenoxy) is 1. The van der Waals surface area contributed by atoms with Crippen LogP contribution in [0, 0.1) is 0 Å². The van der Waals surface area contributed by atoms with Gasteiger partial charge in [-0.2, -0.15) is 0 Å². The van der Waals surface area contributed by atoms with Crippen molar-refractivity contribution in [1.82, 2.24) is 9.55 Å². The van der Waals surface area contributed by atoms with Crippen LogP contribution in [0.5, 0.6) is 5.75 Å². The number of nitrogens with zero attached hydrogens (tertiary/aromatic N) is 2. The van der Waals surface area contributed by atoms with Crippen LogP contribution in [0.4, 0.5) is 0 Å². The van der Waals surface area contributed by atoms with Gasteiger partial charge in [0.1, 0.15) is 11.6 Å². The predicted octanol–water partition coefficient (Wildman–Crippen LogP) is 2.82. The third kappa shape index (κ3) is 3.58. The first-order valence-electron chi connectivity index (χ1n) is 6.22. The highest BCUT2D eigenvalue weighted by molar-refractivity contribution is 9.10. The molecule has 2 rings (SSSR count). The largest absolute Gasteiger partial charge is 0.493 e. The van der Waals surface area contributed by atoms with E-state index in [1.54, 1.807) is 6.20 Å². The zero-order chi connectivity index (χ0) is 13.8. The summed E-state index contributed by atoms with van der Waals surface area (Å²) < 4.78 is 8.83. The second-order valence-corrected chi connectivity index (χ2v) is 5.44. The number of imidazole rings is 1. The van der Waals surface area contributed by atoms with E-state index in [-0.39, 0.29) is 6.04 Å². The van der Waals surface area contributed by atoms with E-state index in [1.165, 1.54) is 0 Å². The minimum absolute atomic E-state index is 0.0451. The molecule has 5 heteroatoms. The van der Waals surface area contributed by atoms with E-state index in [1.807, 2.05) is 42.9 Å². The molecule has 19 heavy (non-hydrogen) atoms. The molecule has 0 fully saturated rings. The zero-order valence-corrected chi connectivity index (χ0v) is 12.7. The fourth-order valence-electron chi connectivity index (χ4n) is 1.90. The van der Waals surface area contributed by atoms with Crippen LogP contribution < -0.4 is 10.5 Å². The summed E-state index contributed by atoms with van der Waals surface area (Å²) in [4.78, 5) is 4.27. The highest BCUT2D eigenvalue weighted by atomic mass is 79.9. The molecule has 1 atom stereocenters. The molecule has 0 bridgehead atoms. The SMILES string of the molecule is CC(N)c1ccc(Br)cc1OCCc1nccn1C. The van der Waals surface area contributed by atoms with Crippen LogP contribution in [-0.4, -0.2) is 16.2 Å². The number of halogens is 1. The van der Waals surface area contributed by atoms with E-state index in [4.69, 9.17) is 10.5 Å². The van der Waals surface area contributed by atoms with Gasteiger partial charge in [0.2, 0.25) is 0 Å². The fourth-order valence-corrected chi connectivity index (χ4v) is 2.24. The van der Waals surface area contributed by atoms with Crippen LogP contribution in [0.25, 0.3) is 0 Å². The van der Waals surface area contributed by atoms with Gasteiger partial charge in [-0.15, -0.1) is 0 Å². The van der Waals surface area contributed by atoms with E-state index >= 15 is 0 Å². The molecule has 0 spiro atoms. The van der Waals surface area contributed by atoms with Crippen LogP contribution in [0.15, 0.2) is 35.1 Å². The Morgan fingerprint density at radius 2 is 2.26 bits per heavy atom. The number of nitrogens with two attached hydrogens (primary N) is 1. The molecule has 1 aromatic heterocycles. The number of hydrogen-bond donors (Lipinski definition) is 1. The second-order valence-electron chi connectivity index (χ2n) is 4.52. The molecule has 2 N–H and O–H groups in total. The van der Waals surface area contributed by atoms with Crippen molar-refractivity contribution >= 4 is 15.9 Å². The first kappa shape index (κ1) is 14.1. The summed E-state index contributed by atoms with van der Waals surface area (Å²) in [5, 5.41) is 0. The highest BCUT2D eigenvalue weighted by Crippen LogP contribution is 2.27. The molecule has 4 nitrogen and oxygen atoms in total. The monoisotopic (exact) mass is 323 g/mol. The van der Waals surface area contributed by atoms with Crippen molar-refractivity contribution in [2.24, 2.45) is 12.8 Å². The van der Waals surface area contributed by atoms with Crippen LogP contribution in [0.1, 0.15) is 24.4 Å². The maximum Gasteiger partial charge on any atom is 0.125 e. The molecule has 0 amide bonds. The summed E-state index contributed by atoms with van der Waals surface area (Å²) in [5.74, 6) is 1.84. The summed E-state index contributed by atoms with van der Waals surface area (Å²) in [5.41, 5.74) is 6.96. The molecular weight excluding hydrogens is 306 g/mol. The van der Waals surface area contributed by atoms with Crippen molar-refractivity contribution in [3.63, 3.8) is 0 Å². The van der Waals surface area contributed by atoms with Crippen LogP contribution >= 0.6 is 15.9 Å². The first-order valence-corrected chi connectivity index (χ1v) is 7.01. The molecule has 0 saturated heterocycles. The van der Waals surface area contributed by atoms with Crippen LogP contribution in [-0.2, 0) is 13.5 Å². The standard InChI is InChI=1S/C14H18BrN3O/c1-10(16)12-4-3-11(15)9-13(12)19-8-5-14-17-6-7-18(14)2/h3-4,6-7,9-10H,5,8,16H2,1-2H3. The molecule has 0 radical (unpaired) electrons. The minimum atomic E-state index is -0.0451. The molecule has 0 aliphatic heterocycles. The van der Waals surface area contributed by atoms with E-state index < -0.39 is 0 Å². The first-order chi connectivity index (χ1) is 9.08. The van der Waals surface area contributed by atoms with Gasteiger partial charge in [-0.3, -0.25) is 0 Å². The molecular formula is C14H18BrN3O. The second kappa shape index (κ2) is 6.21. The average molecular weight is 324 g/mol. The zero-order valence-electron chi connectivity index (χ0n) is 11.1. The highest BCUT2D eigenvalue weighted by Gasteiger charge is 2.09. The Bertz CT molecular complexity index is 551. The molecule has 0 saturated carbocycles. The van der Waals surface area contributed by atoms with Gasteiger partial charge < -0.3 is 15.0 Å². The van der Waals surface area contributed by atoms with E-state index in [2.05, 4.69) is 20.9 Å². The van der Waals surface area contributed by atoms with Crippen molar-refractivity contribution in [2.75, 3.05) is 6.61 Å². The lowest BCUT2D eigenvalue weighted by molar-refractivity contribution is 0.312. The summed E-state index contributed by atoms with van der Waals surface area (Å²) in [6.45, 7) is 2.54. The molecule has 1 heterocycles. The number of aromatic nitrogens is 2. The van der Waals surface area contributed by atoms with Crippen molar-refractivity contribution in [2.45, 2.75) is 19.4 Å². The molecule has 1 aromatic carbocycles. The smallest absolute Gasteiger partial charge is 0.125 e. The summed E-state index contributed by atoms with van der Waals surface area (Å²) in [6, 6.07) is 5.88. The van der Waals surface area contributed by atoms with Crippen molar-refractivity contribution in [1.29, 1.82) is 0 Å². The Morgan fingerprint density at radius 1 is 1.47 bits per heavy atom. The number of aryl methyl sites for hydroxylation is 1. The minimum Gasteiger partial charge on any atom is -0.493 e.